The van der Waals surface area contributed by atoms with Gasteiger partial charge in [-0.3, -0.25) is 4.79 Å². The summed E-state index contributed by atoms with van der Waals surface area (Å²) in [7, 11) is 0. The fourth-order valence-corrected chi connectivity index (χ4v) is 2.55. The average Bonchev–Trinajstić information content (AvgIpc) is 3.40. The van der Waals surface area contributed by atoms with E-state index in [0.29, 0.717) is 12.2 Å². The molecule has 3 rings (SSSR count). The van der Waals surface area contributed by atoms with Gasteiger partial charge < -0.3 is 9.64 Å². The minimum Gasteiger partial charge on any atom is -0.367 e. The Labute approximate surface area is 139 Å². The topological polar surface area (TPSA) is 29.5 Å². The van der Waals surface area contributed by atoms with E-state index in [1.54, 1.807) is 4.90 Å². The van der Waals surface area contributed by atoms with Gasteiger partial charge >= 0.3 is 0 Å². The summed E-state index contributed by atoms with van der Waals surface area (Å²) in [5, 5.41) is 0. The average molecular weight is 331 g/mol. The van der Waals surface area contributed by atoms with Gasteiger partial charge in [-0.2, -0.15) is 0 Å². The van der Waals surface area contributed by atoms with Crippen molar-refractivity contribution in [2.45, 2.75) is 32.0 Å². The molecule has 126 valence electrons. The van der Waals surface area contributed by atoms with Crippen molar-refractivity contribution in [3.8, 4) is 0 Å². The molecule has 1 amide bonds. The molecule has 0 aliphatic heterocycles. The van der Waals surface area contributed by atoms with Crippen LogP contribution in [0.25, 0.3) is 0 Å². The smallest absolute Gasteiger partial charge is 0.249 e. The molecule has 0 spiro atoms. The third-order valence-electron chi connectivity index (χ3n) is 4.00. The van der Waals surface area contributed by atoms with Crippen molar-refractivity contribution in [1.29, 1.82) is 0 Å². The van der Waals surface area contributed by atoms with Gasteiger partial charge in [-0.05, 0) is 24.5 Å². The molecule has 1 aliphatic rings. The lowest BCUT2D eigenvalue weighted by Gasteiger charge is -2.23. The Hall–Kier alpha value is -2.27. The molecule has 24 heavy (non-hydrogen) atoms. The van der Waals surface area contributed by atoms with E-state index in [9.17, 15) is 13.6 Å². The monoisotopic (exact) mass is 331 g/mol. The van der Waals surface area contributed by atoms with Crippen LogP contribution < -0.4 is 0 Å². The van der Waals surface area contributed by atoms with Gasteiger partial charge in [-0.25, -0.2) is 8.78 Å². The molecular weight excluding hydrogens is 312 g/mol. The normalized spacial score (nSPS) is 13.8. The number of halogens is 2. The molecular formula is C19H19F2NO2. The van der Waals surface area contributed by atoms with E-state index in [2.05, 4.69) is 0 Å². The standard InChI is InChI=1S/C19H19F2NO2/c20-16-7-6-15(18(21)10-16)11-22(17-8-9-17)19(23)13-24-12-14-4-2-1-3-5-14/h1-7,10,17H,8-9,11-13H2. The van der Waals surface area contributed by atoms with Crippen LogP contribution in [0.5, 0.6) is 0 Å². The van der Waals surface area contributed by atoms with E-state index >= 15 is 0 Å². The Morgan fingerprint density at radius 2 is 1.88 bits per heavy atom. The fraction of sp³-hybridized carbons (Fsp3) is 0.316. The first-order valence-corrected chi connectivity index (χ1v) is 7.98. The first-order valence-electron chi connectivity index (χ1n) is 7.98. The quantitative estimate of drug-likeness (QED) is 0.775. The second kappa shape index (κ2) is 7.53. The number of hydrogen-bond donors (Lipinski definition) is 0. The van der Waals surface area contributed by atoms with E-state index in [-0.39, 0.29) is 25.1 Å². The predicted octanol–water partition coefficient (Wildman–Crippen LogP) is 3.67. The highest BCUT2D eigenvalue weighted by Gasteiger charge is 2.33. The molecule has 0 N–H and O–H groups in total. The number of nitrogens with zero attached hydrogens (tertiary/aromatic N) is 1. The van der Waals surface area contributed by atoms with Gasteiger partial charge in [0.25, 0.3) is 0 Å². The SMILES string of the molecule is O=C(COCc1ccccc1)N(Cc1ccc(F)cc1F)C1CC1. The lowest BCUT2D eigenvalue weighted by atomic mass is 10.2. The zero-order valence-electron chi connectivity index (χ0n) is 13.3. The van der Waals surface area contributed by atoms with E-state index in [1.807, 2.05) is 30.3 Å². The Morgan fingerprint density at radius 1 is 1.12 bits per heavy atom. The highest BCUT2D eigenvalue weighted by molar-refractivity contribution is 5.78. The third kappa shape index (κ3) is 4.38. The molecule has 1 aliphatic carbocycles. The largest absolute Gasteiger partial charge is 0.367 e. The Bertz CT molecular complexity index is 702. The van der Waals surface area contributed by atoms with Gasteiger partial charge in [0.15, 0.2) is 0 Å². The summed E-state index contributed by atoms with van der Waals surface area (Å²) >= 11 is 0. The van der Waals surface area contributed by atoms with Gasteiger partial charge in [-0.15, -0.1) is 0 Å². The number of hydrogen-bond acceptors (Lipinski definition) is 2. The molecule has 2 aromatic rings. The number of benzene rings is 2. The third-order valence-corrected chi connectivity index (χ3v) is 4.00. The van der Waals surface area contributed by atoms with Crippen LogP contribution in [0.15, 0.2) is 48.5 Å². The van der Waals surface area contributed by atoms with Crippen LogP contribution in [0.4, 0.5) is 8.78 Å². The predicted molar refractivity (Wildman–Crippen MR) is 86.0 cm³/mol. The van der Waals surface area contributed by atoms with Crippen molar-refractivity contribution in [2.24, 2.45) is 0 Å². The zero-order chi connectivity index (χ0) is 16.9. The molecule has 1 fully saturated rings. The number of ether oxygens (including phenoxy) is 1. The summed E-state index contributed by atoms with van der Waals surface area (Å²) in [6.45, 7) is 0.453. The minimum atomic E-state index is -0.626. The van der Waals surface area contributed by atoms with Crippen LogP contribution in [0.1, 0.15) is 24.0 Å². The second-order valence-electron chi connectivity index (χ2n) is 5.97. The number of carbonyl (C=O) groups is 1. The van der Waals surface area contributed by atoms with Crippen LogP contribution in [0.2, 0.25) is 0 Å². The molecule has 5 heteroatoms. The Morgan fingerprint density at radius 3 is 2.54 bits per heavy atom. The van der Waals surface area contributed by atoms with Crippen molar-refractivity contribution in [3.05, 3.63) is 71.3 Å². The molecule has 0 saturated heterocycles. The molecule has 1 saturated carbocycles. The van der Waals surface area contributed by atoms with Crippen LogP contribution in [-0.2, 0) is 22.7 Å². The highest BCUT2D eigenvalue weighted by atomic mass is 19.1. The Kier molecular flexibility index (Phi) is 5.20. The molecule has 2 aromatic carbocycles. The lowest BCUT2D eigenvalue weighted by molar-refractivity contribution is -0.137. The number of amides is 1. The Balaban J connectivity index is 1.57. The van der Waals surface area contributed by atoms with Crippen LogP contribution >= 0.6 is 0 Å². The first-order chi connectivity index (χ1) is 11.6. The summed E-state index contributed by atoms with van der Waals surface area (Å²) < 4.78 is 32.3. The van der Waals surface area contributed by atoms with Crippen LogP contribution in [-0.4, -0.2) is 23.5 Å². The summed E-state index contributed by atoms with van der Waals surface area (Å²) in [6, 6.07) is 13.2. The van der Waals surface area contributed by atoms with E-state index in [4.69, 9.17) is 4.74 Å². The minimum absolute atomic E-state index is 0.0474. The van der Waals surface area contributed by atoms with Gasteiger partial charge in [0.1, 0.15) is 18.2 Å². The van der Waals surface area contributed by atoms with Crippen molar-refractivity contribution in [3.63, 3.8) is 0 Å². The maximum Gasteiger partial charge on any atom is 0.249 e. The lowest BCUT2D eigenvalue weighted by Crippen LogP contribution is -2.35. The first kappa shape index (κ1) is 16.6. The van der Waals surface area contributed by atoms with Crippen molar-refractivity contribution in [2.75, 3.05) is 6.61 Å². The highest BCUT2D eigenvalue weighted by Crippen LogP contribution is 2.29. The second-order valence-corrected chi connectivity index (χ2v) is 5.97. The molecule has 0 heterocycles. The molecule has 3 nitrogen and oxygen atoms in total. The maximum atomic E-state index is 13.8. The van der Waals surface area contributed by atoms with E-state index in [1.165, 1.54) is 12.1 Å². The zero-order valence-corrected chi connectivity index (χ0v) is 13.3. The van der Waals surface area contributed by atoms with Crippen molar-refractivity contribution >= 4 is 5.91 Å². The summed E-state index contributed by atoms with van der Waals surface area (Å²) in [5.74, 6) is -1.41. The van der Waals surface area contributed by atoms with Crippen molar-refractivity contribution in [1.82, 2.24) is 4.90 Å². The van der Waals surface area contributed by atoms with E-state index in [0.717, 1.165) is 24.5 Å². The molecule has 0 aromatic heterocycles. The summed E-state index contributed by atoms with van der Waals surface area (Å²) in [6.07, 6.45) is 1.82. The molecule has 0 bridgehead atoms. The molecule has 0 unspecified atom stereocenters. The summed E-state index contributed by atoms with van der Waals surface area (Å²) in [5.41, 5.74) is 1.31. The van der Waals surface area contributed by atoms with Crippen LogP contribution in [0.3, 0.4) is 0 Å². The van der Waals surface area contributed by atoms with Gasteiger partial charge in [0.05, 0.1) is 6.61 Å². The van der Waals surface area contributed by atoms with Gasteiger partial charge in [0, 0.05) is 24.2 Å². The number of rotatable bonds is 7. The van der Waals surface area contributed by atoms with Gasteiger partial charge in [-0.1, -0.05) is 36.4 Å². The van der Waals surface area contributed by atoms with E-state index < -0.39 is 11.6 Å². The maximum absolute atomic E-state index is 13.8. The van der Waals surface area contributed by atoms with Crippen molar-refractivity contribution < 1.29 is 18.3 Å². The fourth-order valence-electron chi connectivity index (χ4n) is 2.55. The number of carbonyl (C=O) groups excluding carboxylic acids is 1. The van der Waals surface area contributed by atoms with Gasteiger partial charge in [0.2, 0.25) is 5.91 Å². The molecule has 0 radical (unpaired) electrons. The summed E-state index contributed by atoms with van der Waals surface area (Å²) in [4.78, 5) is 14.0. The molecule has 0 atom stereocenters. The van der Waals surface area contributed by atoms with Crippen LogP contribution in [0, 0.1) is 11.6 Å².